The van der Waals surface area contributed by atoms with Gasteiger partial charge in [-0.3, -0.25) is 10.1 Å². The Labute approximate surface area is 210 Å². The number of nitrogens with zero attached hydrogens (tertiary/aromatic N) is 3. The van der Waals surface area contributed by atoms with E-state index in [9.17, 15) is 9.59 Å². The third-order valence-corrected chi connectivity index (χ3v) is 5.95. The molecular weight excluding hydrogens is 470 g/mol. The SMILES string of the molecule is CC(NC(=O)c1cccc2[nH]c(NC(=O)Oc3cc4ccccc4cn3)nc12)c1nc2ccccc2[nH]1. The van der Waals surface area contributed by atoms with Crippen LogP contribution in [0.1, 0.15) is 29.1 Å². The van der Waals surface area contributed by atoms with Crippen molar-refractivity contribution in [3.8, 4) is 5.88 Å². The van der Waals surface area contributed by atoms with Gasteiger partial charge in [-0.2, -0.15) is 0 Å². The third-order valence-electron chi connectivity index (χ3n) is 5.95. The first kappa shape index (κ1) is 22.2. The molecule has 37 heavy (non-hydrogen) atoms. The number of rotatable bonds is 5. The second-order valence-electron chi connectivity index (χ2n) is 8.51. The minimum Gasteiger partial charge on any atom is -0.391 e. The third kappa shape index (κ3) is 4.43. The summed E-state index contributed by atoms with van der Waals surface area (Å²) in [6.45, 7) is 1.85. The van der Waals surface area contributed by atoms with Gasteiger partial charge in [0.25, 0.3) is 5.91 Å². The van der Waals surface area contributed by atoms with Gasteiger partial charge in [-0.1, -0.05) is 42.5 Å². The lowest BCUT2D eigenvalue weighted by atomic mass is 10.1. The van der Waals surface area contributed by atoms with Gasteiger partial charge in [0.2, 0.25) is 11.8 Å². The number of ether oxygens (including phenoxy) is 1. The van der Waals surface area contributed by atoms with Crippen molar-refractivity contribution in [3.63, 3.8) is 0 Å². The van der Waals surface area contributed by atoms with Crippen LogP contribution in [0.5, 0.6) is 5.88 Å². The molecule has 182 valence electrons. The Balaban J connectivity index is 1.18. The summed E-state index contributed by atoms with van der Waals surface area (Å²) >= 11 is 0. The van der Waals surface area contributed by atoms with E-state index in [-0.39, 0.29) is 23.8 Å². The number of hydrogen-bond donors (Lipinski definition) is 4. The number of fused-ring (bicyclic) bond motifs is 3. The van der Waals surface area contributed by atoms with Crippen LogP contribution in [0, 0.1) is 0 Å². The molecule has 3 aromatic carbocycles. The predicted molar refractivity (Wildman–Crippen MR) is 139 cm³/mol. The summed E-state index contributed by atoms with van der Waals surface area (Å²) < 4.78 is 5.32. The molecule has 0 bridgehead atoms. The summed E-state index contributed by atoms with van der Waals surface area (Å²) in [5.41, 5.74) is 3.08. The molecule has 0 aliphatic heterocycles. The highest BCUT2D eigenvalue weighted by Gasteiger charge is 2.19. The van der Waals surface area contributed by atoms with Gasteiger partial charge in [-0.05, 0) is 36.6 Å². The number of anilines is 1. The molecular formula is C27H21N7O3. The average molecular weight is 492 g/mol. The Morgan fingerprint density at radius 3 is 2.54 bits per heavy atom. The molecule has 4 N–H and O–H groups in total. The first-order valence-electron chi connectivity index (χ1n) is 11.6. The van der Waals surface area contributed by atoms with Crippen LogP contribution in [0.15, 0.2) is 79.0 Å². The Bertz CT molecular complexity index is 1760. The Morgan fingerprint density at radius 2 is 1.68 bits per heavy atom. The summed E-state index contributed by atoms with van der Waals surface area (Å²) in [5.74, 6) is 0.633. The van der Waals surface area contributed by atoms with Crippen molar-refractivity contribution in [3.05, 3.63) is 90.4 Å². The van der Waals surface area contributed by atoms with Gasteiger partial charge in [0, 0.05) is 17.6 Å². The van der Waals surface area contributed by atoms with Crippen LogP contribution in [-0.4, -0.2) is 36.9 Å². The van der Waals surface area contributed by atoms with Gasteiger partial charge < -0.3 is 20.0 Å². The lowest BCUT2D eigenvalue weighted by Gasteiger charge is -2.11. The minimum atomic E-state index is -0.758. The van der Waals surface area contributed by atoms with Gasteiger partial charge in [-0.25, -0.2) is 19.7 Å². The Kier molecular flexibility index (Phi) is 5.45. The highest BCUT2D eigenvalue weighted by molar-refractivity contribution is 6.05. The summed E-state index contributed by atoms with van der Waals surface area (Å²) in [7, 11) is 0. The standard InChI is InChI=1S/C27H21N7O3/c1-15(24-30-19-10-4-5-11-20(19)31-24)29-25(35)18-9-6-12-21-23(18)33-26(32-21)34-27(36)37-22-13-16-7-2-3-8-17(16)14-28-22/h2-15H,1H3,(H,29,35)(H,30,31)(H2,32,33,34,36). The van der Waals surface area contributed by atoms with Gasteiger partial charge in [0.05, 0.1) is 28.2 Å². The van der Waals surface area contributed by atoms with E-state index in [1.165, 1.54) is 0 Å². The number of para-hydroxylation sites is 3. The summed E-state index contributed by atoms with van der Waals surface area (Å²) in [6, 6.07) is 21.8. The monoisotopic (exact) mass is 491 g/mol. The summed E-state index contributed by atoms with van der Waals surface area (Å²) in [5, 5.41) is 7.35. The van der Waals surface area contributed by atoms with Crippen LogP contribution in [0.2, 0.25) is 0 Å². The van der Waals surface area contributed by atoms with Crippen molar-refractivity contribution in [2.24, 2.45) is 0 Å². The van der Waals surface area contributed by atoms with Crippen molar-refractivity contribution in [2.45, 2.75) is 13.0 Å². The fraction of sp³-hybridized carbons (Fsp3) is 0.0741. The number of aromatic nitrogens is 5. The van der Waals surface area contributed by atoms with Gasteiger partial charge >= 0.3 is 6.09 Å². The largest absolute Gasteiger partial charge is 0.420 e. The van der Waals surface area contributed by atoms with Gasteiger partial charge in [0.1, 0.15) is 11.3 Å². The van der Waals surface area contributed by atoms with Crippen molar-refractivity contribution in [2.75, 3.05) is 5.32 Å². The zero-order valence-electron chi connectivity index (χ0n) is 19.6. The molecule has 2 amide bonds. The maximum absolute atomic E-state index is 13.1. The lowest BCUT2D eigenvalue weighted by Crippen LogP contribution is -2.27. The normalized spacial score (nSPS) is 12.0. The molecule has 3 heterocycles. The van der Waals surface area contributed by atoms with E-state index < -0.39 is 6.09 Å². The lowest BCUT2D eigenvalue weighted by molar-refractivity contribution is 0.0940. The second-order valence-corrected chi connectivity index (χ2v) is 8.51. The molecule has 3 aromatic heterocycles. The van der Waals surface area contributed by atoms with E-state index in [1.807, 2.05) is 55.5 Å². The maximum atomic E-state index is 13.1. The molecule has 0 saturated carbocycles. The molecule has 10 nitrogen and oxygen atoms in total. The van der Waals surface area contributed by atoms with E-state index in [2.05, 4.69) is 35.6 Å². The van der Waals surface area contributed by atoms with E-state index in [0.717, 1.165) is 21.8 Å². The summed E-state index contributed by atoms with van der Waals surface area (Å²) in [4.78, 5) is 44.9. The average Bonchev–Trinajstić information content (AvgIpc) is 3.52. The quantitative estimate of drug-likeness (QED) is 0.265. The number of aromatic amines is 2. The topological polar surface area (TPSA) is 138 Å². The Morgan fingerprint density at radius 1 is 0.892 bits per heavy atom. The number of benzene rings is 3. The van der Waals surface area contributed by atoms with Crippen molar-refractivity contribution >= 4 is 50.8 Å². The Hall–Kier alpha value is -5.25. The number of nitrogens with one attached hydrogen (secondary N) is 4. The fourth-order valence-corrected chi connectivity index (χ4v) is 4.13. The first-order valence-corrected chi connectivity index (χ1v) is 11.6. The van der Waals surface area contributed by atoms with Gasteiger partial charge in [-0.15, -0.1) is 0 Å². The van der Waals surface area contributed by atoms with Crippen LogP contribution in [-0.2, 0) is 0 Å². The van der Waals surface area contributed by atoms with Crippen LogP contribution in [0.4, 0.5) is 10.7 Å². The van der Waals surface area contributed by atoms with Crippen LogP contribution in [0.3, 0.4) is 0 Å². The number of imidazole rings is 2. The number of hydrogen-bond acceptors (Lipinski definition) is 6. The van der Waals surface area contributed by atoms with Crippen LogP contribution >= 0.6 is 0 Å². The highest BCUT2D eigenvalue weighted by Crippen LogP contribution is 2.22. The highest BCUT2D eigenvalue weighted by atomic mass is 16.6. The zero-order chi connectivity index (χ0) is 25.4. The van der Waals surface area contributed by atoms with Crippen molar-refractivity contribution < 1.29 is 14.3 Å². The molecule has 0 fully saturated rings. The van der Waals surface area contributed by atoms with E-state index in [4.69, 9.17) is 4.74 Å². The number of carbonyl (C=O) groups excluding carboxylic acids is 2. The number of H-pyrrole nitrogens is 2. The molecule has 0 aliphatic rings. The molecule has 6 aromatic rings. The number of amides is 2. The van der Waals surface area contributed by atoms with E-state index in [1.54, 1.807) is 30.5 Å². The molecule has 0 aliphatic carbocycles. The van der Waals surface area contributed by atoms with Gasteiger partial charge in [0.15, 0.2) is 0 Å². The van der Waals surface area contributed by atoms with Crippen molar-refractivity contribution in [1.29, 1.82) is 0 Å². The number of pyridine rings is 1. The first-order chi connectivity index (χ1) is 18.0. The van der Waals surface area contributed by atoms with E-state index >= 15 is 0 Å². The smallest absolute Gasteiger partial charge is 0.391 e. The predicted octanol–water partition coefficient (Wildman–Crippen LogP) is 5.09. The number of carbonyl (C=O) groups is 2. The van der Waals surface area contributed by atoms with E-state index in [0.29, 0.717) is 22.4 Å². The van der Waals surface area contributed by atoms with Crippen molar-refractivity contribution in [1.82, 2.24) is 30.2 Å². The second kappa shape index (κ2) is 9.08. The summed E-state index contributed by atoms with van der Waals surface area (Å²) in [6.07, 6.45) is 0.877. The van der Waals surface area contributed by atoms with Crippen LogP contribution in [0.25, 0.3) is 32.8 Å². The zero-order valence-corrected chi connectivity index (χ0v) is 19.6. The maximum Gasteiger partial charge on any atom is 0.420 e. The molecule has 0 spiro atoms. The minimum absolute atomic E-state index is 0.145. The molecule has 6 rings (SSSR count). The molecule has 10 heteroatoms. The molecule has 0 saturated heterocycles. The molecule has 1 atom stereocenters. The molecule has 0 radical (unpaired) electrons. The fourth-order valence-electron chi connectivity index (χ4n) is 4.13. The molecule has 1 unspecified atom stereocenters. The van der Waals surface area contributed by atoms with Crippen LogP contribution < -0.4 is 15.4 Å².